The normalized spacial score (nSPS) is 16.0. The molecule has 30 heavy (non-hydrogen) atoms. The molecule has 1 fully saturated rings. The molecule has 0 unspecified atom stereocenters. The second-order valence-electron chi connectivity index (χ2n) is 7.26. The third kappa shape index (κ3) is 3.43. The maximum Gasteiger partial charge on any atom is 0.294 e. The van der Waals surface area contributed by atoms with E-state index in [1.54, 1.807) is 11.7 Å². The zero-order valence-corrected chi connectivity index (χ0v) is 16.8. The maximum absolute atomic E-state index is 13.5. The van der Waals surface area contributed by atoms with Gasteiger partial charge in [-0.25, -0.2) is 4.98 Å². The molecule has 1 aromatic heterocycles. The van der Waals surface area contributed by atoms with E-state index in [2.05, 4.69) is 0 Å². The van der Waals surface area contributed by atoms with Gasteiger partial charge in [-0.05, 0) is 17.7 Å². The van der Waals surface area contributed by atoms with Gasteiger partial charge < -0.3 is 23.8 Å². The molecule has 8 heteroatoms. The average Bonchev–Trinajstić information content (AvgIpc) is 2.80. The molecule has 8 nitrogen and oxygen atoms in total. The van der Waals surface area contributed by atoms with Crippen LogP contribution in [0.4, 0.5) is 5.82 Å². The van der Waals surface area contributed by atoms with E-state index in [9.17, 15) is 4.79 Å². The summed E-state index contributed by atoms with van der Waals surface area (Å²) in [5.74, 6) is 2.47. The van der Waals surface area contributed by atoms with E-state index in [4.69, 9.17) is 23.9 Å². The van der Waals surface area contributed by atoms with Gasteiger partial charge in [-0.2, -0.15) is 0 Å². The maximum atomic E-state index is 13.5. The van der Waals surface area contributed by atoms with Gasteiger partial charge >= 0.3 is 0 Å². The van der Waals surface area contributed by atoms with Crippen LogP contribution in [0.1, 0.15) is 5.56 Å². The minimum atomic E-state index is -0.135. The Labute approximate surface area is 173 Å². The van der Waals surface area contributed by atoms with Crippen LogP contribution in [0.25, 0.3) is 11.0 Å². The van der Waals surface area contributed by atoms with Crippen LogP contribution in [0, 0.1) is 0 Å². The fraction of sp³-hybridized carbons (Fsp3) is 0.364. The van der Waals surface area contributed by atoms with Crippen molar-refractivity contribution >= 4 is 16.9 Å². The number of nitrogens with zero attached hydrogens (tertiary/aromatic N) is 3. The quantitative estimate of drug-likeness (QED) is 0.653. The Morgan fingerprint density at radius 2 is 1.80 bits per heavy atom. The van der Waals surface area contributed by atoms with Crippen molar-refractivity contribution in [3.8, 4) is 17.2 Å². The topological polar surface area (TPSA) is 75.1 Å². The van der Waals surface area contributed by atoms with Crippen molar-refractivity contribution in [2.75, 3.05) is 51.5 Å². The van der Waals surface area contributed by atoms with Gasteiger partial charge in [0.25, 0.3) is 5.56 Å². The number of hydrogen-bond donors (Lipinski definition) is 0. The molecule has 1 saturated heterocycles. The number of methoxy groups -OCH3 is 1. The van der Waals surface area contributed by atoms with Crippen LogP contribution in [-0.2, 0) is 11.3 Å². The smallest absolute Gasteiger partial charge is 0.294 e. The van der Waals surface area contributed by atoms with Crippen LogP contribution in [-0.4, -0.2) is 56.2 Å². The molecule has 3 heterocycles. The highest BCUT2D eigenvalue weighted by Crippen LogP contribution is 2.34. The van der Waals surface area contributed by atoms with Crippen molar-refractivity contribution in [2.24, 2.45) is 0 Å². The third-order valence-electron chi connectivity index (χ3n) is 5.38. The van der Waals surface area contributed by atoms with Crippen molar-refractivity contribution in [1.29, 1.82) is 0 Å². The Hall–Kier alpha value is -3.26. The molecule has 3 aromatic rings. The van der Waals surface area contributed by atoms with Crippen LogP contribution in [0.2, 0.25) is 0 Å². The summed E-state index contributed by atoms with van der Waals surface area (Å²) >= 11 is 0. The molecule has 5 rings (SSSR count). The summed E-state index contributed by atoms with van der Waals surface area (Å²) in [6, 6.07) is 11.4. The first-order valence-electron chi connectivity index (χ1n) is 10.0. The number of rotatable bonds is 4. The van der Waals surface area contributed by atoms with Crippen LogP contribution < -0.4 is 24.7 Å². The minimum absolute atomic E-state index is 0.135. The highest BCUT2D eigenvalue weighted by atomic mass is 16.6. The zero-order valence-electron chi connectivity index (χ0n) is 16.8. The van der Waals surface area contributed by atoms with Crippen molar-refractivity contribution in [3.63, 3.8) is 0 Å². The van der Waals surface area contributed by atoms with Gasteiger partial charge in [-0.1, -0.05) is 12.1 Å². The largest absolute Gasteiger partial charge is 0.497 e. The molecule has 0 amide bonds. The molecule has 2 aliphatic heterocycles. The van der Waals surface area contributed by atoms with Crippen molar-refractivity contribution in [3.05, 3.63) is 52.3 Å². The highest BCUT2D eigenvalue weighted by molar-refractivity contribution is 5.81. The predicted octanol–water partition coefficient (Wildman–Crippen LogP) is 2.06. The van der Waals surface area contributed by atoms with Crippen molar-refractivity contribution in [1.82, 2.24) is 9.55 Å². The fourth-order valence-electron chi connectivity index (χ4n) is 3.86. The van der Waals surface area contributed by atoms with Gasteiger partial charge in [0.1, 0.15) is 19.0 Å². The summed E-state index contributed by atoms with van der Waals surface area (Å²) in [6.07, 6.45) is 0. The predicted molar refractivity (Wildman–Crippen MR) is 112 cm³/mol. The van der Waals surface area contributed by atoms with Crippen LogP contribution in [0.15, 0.2) is 41.2 Å². The molecule has 0 bridgehead atoms. The number of ether oxygens (including phenoxy) is 4. The Balaban J connectivity index is 1.68. The number of benzene rings is 2. The Bertz CT molecular complexity index is 1140. The SMILES string of the molecule is COc1cccc(Cn2c(=O)c(N3CCOCC3)nc3cc4c(cc32)OCCO4)c1. The summed E-state index contributed by atoms with van der Waals surface area (Å²) in [7, 11) is 1.63. The van der Waals surface area contributed by atoms with Crippen LogP contribution in [0.3, 0.4) is 0 Å². The fourth-order valence-corrected chi connectivity index (χ4v) is 3.86. The number of anilines is 1. The molecule has 156 valence electrons. The average molecular weight is 409 g/mol. The molecule has 0 radical (unpaired) electrons. The molecule has 0 spiro atoms. The molecule has 0 atom stereocenters. The Morgan fingerprint density at radius 3 is 2.57 bits per heavy atom. The Kier molecular flexibility index (Phi) is 4.92. The lowest BCUT2D eigenvalue weighted by Gasteiger charge is -2.28. The van der Waals surface area contributed by atoms with E-state index in [0.29, 0.717) is 74.4 Å². The molecule has 2 aliphatic rings. The third-order valence-corrected chi connectivity index (χ3v) is 5.38. The first-order chi connectivity index (χ1) is 14.7. The highest BCUT2D eigenvalue weighted by Gasteiger charge is 2.22. The van der Waals surface area contributed by atoms with Crippen molar-refractivity contribution < 1.29 is 18.9 Å². The first kappa shape index (κ1) is 18.7. The standard InChI is InChI=1S/C22H23N3O5/c1-27-16-4-2-3-15(11-16)14-25-18-13-20-19(29-9-10-30-20)12-17(18)23-21(22(25)26)24-5-7-28-8-6-24/h2-4,11-13H,5-10,14H2,1H3. The summed E-state index contributed by atoms with van der Waals surface area (Å²) in [5, 5.41) is 0. The van der Waals surface area contributed by atoms with Crippen molar-refractivity contribution in [2.45, 2.75) is 6.54 Å². The number of morpholine rings is 1. The van der Waals surface area contributed by atoms with Crippen LogP contribution in [0.5, 0.6) is 17.2 Å². The number of hydrogen-bond acceptors (Lipinski definition) is 7. The zero-order chi connectivity index (χ0) is 20.5. The van der Waals surface area contributed by atoms with E-state index in [-0.39, 0.29) is 5.56 Å². The van der Waals surface area contributed by atoms with Gasteiger partial charge in [0.2, 0.25) is 0 Å². The number of aromatic nitrogens is 2. The van der Waals surface area contributed by atoms with Crippen LogP contribution >= 0.6 is 0 Å². The van der Waals surface area contributed by atoms with E-state index >= 15 is 0 Å². The second kappa shape index (κ2) is 7.87. The Morgan fingerprint density at radius 1 is 1.03 bits per heavy atom. The lowest BCUT2D eigenvalue weighted by molar-refractivity contribution is 0.122. The molecular weight excluding hydrogens is 386 g/mol. The van der Waals surface area contributed by atoms with Gasteiger partial charge in [-0.3, -0.25) is 9.36 Å². The summed E-state index contributed by atoms with van der Waals surface area (Å²) < 4.78 is 24.0. The summed E-state index contributed by atoms with van der Waals surface area (Å²) in [6.45, 7) is 3.81. The molecule has 2 aromatic carbocycles. The van der Waals surface area contributed by atoms with Gasteiger partial charge in [0, 0.05) is 25.2 Å². The lowest BCUT2D eigenvalue weighted by Crippen LogP contribution is -2.41. The van der Waals surface area contributed by atoms with E-state index < -0.39 is 0 Å². The monoisotopic (exact) mass is 409 g/mol. The molecular formula is C22H23N3O5. The van der Waals surface area contributed by atoms with Gasteiger partial charge in [-0.15, -0.1) is 0 Å². The van der Waals surface area contributed by atoms with Gasteiger partial charge in [0.15, 0.2) is 17.3 Å². The summed E-state index contributed by atoms with van der Waals surface area (Å²) in [4.78, 5) is 20.2. The second-order valence-corrected chi connectivity index (χ2v) is 7.26. The summed E-state index contributed by atoms with van der Waals surface area (Å²) in [5.41, 5.74) is 2.24. The van der Waals surface area contributed by atoms with Gasteiger partial charge in [0.05, 0.1) is 37.9 Å². The minimum Gasteiger partial charge on any atom is -0.497 e. The lowest BCUT2D eigenvalue weighted by atomic mass is 10.2. The molecule has 0 aliphatic carbocycles. The first-order valence-corrected chi connectivity index (χ1v) is 10.0. The van der Waals surface area contributed by atoms with E-state index in [1.807, 2.05) is 41.3 Å². The van der Waals surface area contributed by atoms with E-state index in [1.165, 1.54) is 0 Å². The number of fused-ring (bicyclic) bond motifs is 2. The van der Waals surface area contributed by atoms with E-state index in [0.717, 1.165) is 11.3 Å². The molecule has 0 saturated carbocycles. The molecule has 0 N–H and O–H groups in total.